The van der Waals surface area contributed by atoms with Crippen LogP contribution in [0.1, 0.15) is 18.1 Å². The fraction of sp³-hybridized carbons (Fsp3) is 0.368. The molecule has 0 heterocycles. The highest BCUT2D eigenvalue weighted by molar-refractivity contribution is 5.52. The Hall–Kier alpha value is -1.80. The van der Waals surface area contributed by atoms with Crippen LogP contribution < -0.4 is 10.2 Å². The van der Waals surface area contributed by atoms with Crippen molar-refractivity contribution >= 4 is 5.69 Å². The third-order valence-electron chi connectivity index (χ3n) is 3.76. The van der Waals surface area contributed by atoms with Crippen LogP contribution in [-0.2, 0) is 12.8 Å². The minimum absolute atomic E-state index is 0.471. The van der Waals surface area contributed by atoms with Crippen LogP contribution in [0, 0.1) is 0 Å². The fourth-order valence-electron chi connectivity index (χ4n) is 2.79. The van der Waals surface area contributed by atoms with E-state index in [9.17, 15) is 0 Å². The molecule has 0 saturated carbocycles. The summed E-state index contributed by atoms with van der Waals surface area (Å²) in [6.45, 7) is 3.18. The lowest BCUT2D eigenvalue weighted by Crippen LogP contribution is -2.33. The molecule has 1 unspecified atom stereocenters. The molecule has 21 heavy (non-hydrogen) atoms. The smallest absolute Gasteiger partial charge is 0.0394 e. The fourth-order valence-corrected chi connectivity index (χ4v) is 2.79. The summed E-state index contributed by atoms with van der Waals surface area (Å²) in [5, 5.41) is 3.63. The molecule has 2 nitrogen and oxygen atoms in total. The average molecular weight is 282 g/mol. The third kappa shape index (κ3) is 4.61. The largest absolute Gasteiger partial charge is 0.377 e. The van der Waals surface area contributed by atoms with E-state index in [0.29, 0.717) is 6.04 Å². The van der Waals surface area contributed by atoms with E-state index in [1.165, 1.54) is 16.8 Å². The standard InChI is InChI=1S/C19H26N2/c1-4-20-18(14-16-10-6-5-7-11-16)15-17-12-8-9-13-19(17)21(2)3/h5-13,18,20H,4,14-15H2,1-3H3. The van der Waals surface area contributed by atoms with Crippen LogP contribution in [0.5, 0.6) is 0 Å². The van der Waals surface area contributed by atoms with Gasteiger partial charge in [0.05, 0.1) is 0 Å². The Bertz CT molecular complexity index is 534. The molecule has 2 aromatic rings. The van der Waals surface area contributed by atoms with Gasteiger partial charge in [0.2, 0.25) is 0 Å². The van der Waals surface area contributed by atoms with Crippen LogP contribution in [0.2, 0.25) is 0 Å². The zero-order chi connectivity index (χ0) is 15.1. The maximum absolute atomic E-state index is 3.63. The second-order valence-electron chi connectivity index (χ2n) is 5.67. The number of hydrogen-bond acceptors (Lipinski definition) is 2. The Balaban J connectivity index is 2.13. The van der Waals surface area contributed by atoms with Crippen molar-refractivity contribution in [2.75, 3.05) is 25.5 Å². The van der Waals surface area contributed by atoms with Crippen LogP contribution in [0.3, 0.4) is 0 Å². The van der Waals surface area contributed by atoms with Crippen LogP contribution >= 0.6 is 0 Å². The molecule has 0 radical (unpaired) electrons. The molecule has 0 aliphatic heterocycles. The quantitative estimate of drug-likeness (QED) is 0.836. The first-order chi connectivity index (χ1) is 10.2. The Labute approximate surface area is 128 Å². The molecule has 0 fully saturated rings. The van der Waals surface area contributed by atoms with Crippen LogP contribution in [0.15, 0.2) is 54.6 Å². The number of anilines is 1. The second kappa shape index (κ2) is 7.84. The van der Waals surface area contributed by atoms with Gasteiger partial charge in [-0.3, -0.25) is 0 Å². The molecule has 2 rings (SSSR count). The lowest BCUT2D eigenvalue weighted by molar-refractivity contribution is 0.521. The van der Waals surface area contributed by atoms with Crippen LogP contribution in [-0.4, -0.2) is 26.7 Å². The first kappa shape index (κ1) is 15.6. The van der Waals surface area contributed by atoms with E-state index in [2.05, 4.69) is 85.8 Å². The van der Waals surface area contributed by atoms with E-state index >= 15 is 0 Å². The van der Waals surface area contributed by atoms with E-state index in [1.807, 2.05) is 0 Å². The molecule has 0 saturated heterocycles. The van der Waals surface area contributed by atoms with Gasteiger partial charge in [0.25, 0.3) is 0 Å². The van der Waals surface area contributed by atoms with Crippen molar-refractivity contribution in [2.45, 2.75) is 25.8 Å². The van der Waals surface area contributed by atoms with Gasteiger partial charge in [0.1, 0.15) is 0 Å². The van der Waals surface area contributed by atoms with Gasteiger partial charge in [0.15, 0.2) is 0 Å². The van der Waals surface area contributed by atoms with Crippen molar-refractivity contribution in [3.63, 3.8) is 0 Å². The number of likely N-dealkylation sites (N-methyl/N-ethyl adjacent to an activating group) is 1. The first-order valence-electron chi connectivity index (χ1n) is 7.73. The summed E-state index contributed by atoms with van der Waals surface area (Å²) in [6.07, 6.45) is 2.12. The molecule has 1 atom stereocenters. The van der Waals surface area contributed by atoms with Gasteiger partial charge >= 0.3 is 0 Å². The SMILES string of the molecule is CCNC(Cc1ccccc1)Cc1ccccc1N(C)C. The van der Waals surface area contributed by atoms with Gasteiger partial charge in [-0.25, -0.2) is 0 Å². The highest BCUT2D eigenvalue weighted by atomic mass is 15.1. The molecule has 0 aliphatic rings. The molecule has 1 N–H and O–H groups in total. The van der Waals surface area contributed by atoms with Crippen molar-refractivity contribution < 1.29 is 0 Å². The summed E-state index contributed by atoms with van der Waals surface area (Å²) >= 11 is 0. The molecule has 2 aromatic carbocycles. The van der Waals surface area contributed by atoms with E-state index in [1.54, 1.807) is 0 Å². The monoisotopic (exact) mass is 282 g/mol. The van der Waals surface area contributed by atoms with Gasteiger partial charge in [-0.2, -0.15) is 0 Å². The lowest BCUT2D eigenvalue weighted by atomic mass is 9.97. The number of nitrogens with zero attached hydrogens (tertiary/aromatic N) is 1. The predicted molar refractivity (Wildman–Crippen MR) is 92.1 cm³/mol. The van der Waals surface area contributed by atoms with E-state index in [-0.39, 0.29) is 0 Å². The molecule has 0 bridgehead atoms. The van der Waals surface area contributed by atoms with Crippen LogP contribution in [0.4, 0.5) is 5.69 Å². The number of rotatable bonds is 7. The van der Waals surface area contributed by atoms with Gasteiger partial charge in [-0.15, -0.1) is 0 Å². The maximum Gasteiger partial charge on any atom is 0.0394 e. The Morgan fingerprint density at radius 2 is 1.57 bits per heavy atom. The minimum Gasteiger partial charge on any atom is -0.377 e. The Morgan fingerprint density at radius 3 is 2.24 bits per heavy atom. The number of para-hydroxylation sites is 1. The Kier molecular flexibility index (Phi) is 5.82. The molecule has 2 heteroatoms. The third-order valence-corrected chi connectivity index (χ3v) is 3.76. The number of benzene rings is 2. The average Bonchev–Trinajstić information content (AvgIpc) is 2.49. The van der Waals surface area contributed by atoms with Crippen molar-refractivity contribution in [3.8, 4) is 0 Å². The van der Waals surface area contributed by atoms with E-state index < -0.39 is 0 Å². The summed E-state index contributed by atoms with van der Waals surface area (Å²) in [6, 6.07) is 19.9. The van der Waals surface area contributed by atoms with Gasteiger partial charge in [-0.1, -0.05) is 55.5 Å². The normalized spacial score (nSPS) is 12.1. The zero-order valence-electron chi connectivity index (χ0n) is 13.3. The number of hydrogen-bond donors (Lipinski definition) is 1. The summed E-state index contributed by atoms with van der Waals surface area (Å²) in [5.74, 6) is 0. The van der Waals surface area contributed by atoms with Crippen molar-refractivity contribution in [3.05, 3.63) is 65.7 Å². The molecule has 0 aliphatic carbocycles. The summed E-state index contributed by atoms with van der Waals surface area (Å²) in [5.41, 5.74) is 4.11. The summed E-state index contributed by atoms with van der Waals surface area (Å²) in [7, 11) is 4.22. The molecule has 0 spiro atoms. The maximum atomic E-state index is 3.63. The second-order valence-corrected chi connectivity index (χ2v) is 5.67. The summed E-state index contributed by atoms with van der Waals surface area (Å²) in [4.78, 5) is 2.20. The van der Waals surface area contributed by atoms with E-state index in [0.717, 1.165) is 19.4 Å². The molecule has 0 aromatic heterocycles. The van der Waals surface area contributed by atoms with Crippen molar-refractivity contribution in [2.24, 2.45) is 0 Å². The van der Waals surface area contributed by atoms with Crippen LogP contribution in [0.25, 0.3) is 0 Å². The minimum atomic E-state index is 0.471. The molecule has 0 amide bonds. The Morgan fingerprint density at radius 1 is 0.905 bits per heavy atom. The summed E-state index contributed by atoms with van der Waals surface area (Å²) < 4.78 is 0. The number of nitrogens with one attached hydrogen (secondary N) is 1. The van der Waals surface area contributed by atoms with Gasteiger partial charge in [0, 0.05) is 25.8 Å². The van der Waals surface area contributed by atoms with Crippen molar-refractivity contribution in [1.82, 2.24) is 5.32 Å². The topological polar surface area (TPSA) is 15.3 Å². The highest BCUT2D eigenvalue weighted by Gasteiger charge is 2.12. The molecule has 112 valence electrons. The zero-order valence-corrected chi connectivity index (χ0v) is 13.3. The highest BCUT2D eigenvalue weighted by Crippen LogP contribution is 2.20. The van der Waals surface area contributed by atoms with E-state index in [4.69, 9.17) is 0 Å². The molecular weight excluding hydrogens is 256 g/mol. The first-order valence-corrected chi connectivity index (χ1v) is 7.73. The van der Waals surface area contributed by atoms with Crippen molar-refractivity contribution in [1.29, 1.82) is 0 Å². The van der Waals surface area contributed by atoms with Gasteiger partial charge in [-0.05, 0) is 36.6 Å². The lowest BCUT2D eigenvalue weighted by Gasteiger charge is -2.22. The van der Waals surface area contributed by atoms with Gasteiger partial charge < -0.3 is 10.2 Å². The molecular formula is C19H26N2. The predicted octanol–water partition coefficient (Wildman–Crippen LogP) is 3.52.